The van der Waals surface area contributed by atoms with Crippen LogP contribution >= 0.6 is 0 Å². The van der Waals surface area contributed by atoms with Crippen molar-refractivity contribution in [3.63, 3.8) is 0 Å². The summed E-state index contributed by atoms with van der Waals surface area (Å²) in [7, 11) is 1.63. The molecule has 1 aliphatic rings. The lowest BCUT2D eigenvalue weighted by atomic mass is 10.2. The van der Waals surface area contributed by atoms with Gasteiger partial charge >= 0.3 is 5.97 Å². The van der Waals surface area contributed by atoms with Gasteiger partial charge in [-0.1, -0.05) is 0 Å². The van der Waals surface area contributed by atoms with Crippen LogP contribution < -0.4 is 10.2 Å². The second-order valence-corrected chi connectivity index (χ2v) is 6.84. The summed E-state index contributed by atoms with van der Waals surface area (Å²) in [6.07, 6.45) is 1.36. The summed E-state index contributed by atoms with van der Waals surface area (Å²) in [5.41, 5.74) is 0.935. The fourth-order valence-electron chi connectivity index (χ4n) is 3.30. The Bertz CT molecular complexity index is 975. The van der Waals surface area contributed by atoms with Gasteiger partial charge in [0.15, 0.2) is 0 Å². The molecule has 0 unspecified atom stereocenters. The van der Waals surface area contributed by atoms with Gasteiger partial charge in [0, 0.05) is 33.2 Å². The number of carbonyl (C=O) groups is 2. The number of aryl methyl sites for hydroxylation is 1. The number of rotatable bonds is 6. The number of nitriles is 1. The zero-order valence-corrected chi connectivity index (χ0v) is 16.9. The van der Waals surface area contributed by atoms with Gasteiger partial charge in [0.05, 0.1) is 36.7 Å². The summed E-state index contributed by atoms with van der Waals surface area (Å²) in [5.74, 6) is -0.958. The molecule has 1 aromatic heterocycles. The van der Waals surface area contributed by atoms with Crippen molar-refractivity contribution in [2.24, 2.45) is 7.05 Å². The molecule has 0 saturated carbocycles. The van der Waals surface area contributed by atoms with Crippen molar-refractivity contribution in [3.05, 3.63) is 41.3 Å². The zero-order chi connectivity index (χ0) is 21.7. The van der Waals surface area contributed by atoms with Crippen molar-refractivity contribution in [1.29, 1.82) is 5.26 Å². The summed E-state index contributed by atoms with van der Waals surface area (Å²) >= 11 is 0. The zero-order valence-electron chi connectivity index (χ0n) is 16.9. The highest BCUT2D eigenvalue weighted by molar-refractivity contribution is 6.00. The first-order valence-electron chi connectivity index (χ1n) is 9.58. The van der Waals surface area contributed by atoms with Crippen LogP contribution in [0.1, 0.15) is 22.8 Å². The number of ether oxygens (including phenoxy) is 1. The number of nitrogens with zero attached hydrogens (tertiary/aromatic N) is 5. The molecule has 2 heterocycles. The largest absolute Gasteiger partial charge is 0.462 e. The van der Waals surface area contributed by atoms with E-state index in [1.165, 1.54) is 16.9 Å². The topological polar surface area (TPSA) is 103 Å². The van der Waals surface area contributed by atoms with Gasteiger partial charge in [0.1, 0.15) is 17.2 Å². The number of hydrogen-bond donors (Lipinski definition) is 1. The summed E-state index contributed by atoms with van der Waals surface area (Å²) in [6, 6.07) is 6.34. The molecule has 2 aromatic rings. The van der Waals surface area contributed by atoms with Crippen LogP contribution in [-0.4, -0.2) is 65.9 Å². The SMILES string of the molecule is CCOC(=O)c1cnn(C)c1NC(=O)CN1CCN(c2ccc(C#N)cc2F)CC1. The van der Waals surface area contributed by atoms with Crippen LogP contribution in [0.15, 0.2) is 24.4 Å². The number of nitrogens with one attached hydrogen (secondary N) is 1. The lowest BCUT2D eigenvalue weighted by molar-refractivity contribution is -0.117. The maximum atomic E-state index is 14.2. The molecule has 158 valence electrons. The number of benzene rings is 1. The third kappa shape index (κ3) is 4.75. The molecule has 0 bridgehead atoms. The van der Waals surface area contributed by atoms with E-state index in [-0.39, 0.29) is 36.0 Å². The highest BCUT2D eigenvalue weighted by Crippen LogP contribution is 2.22. The van der Waals surface area contributed by atoms with Crippen LogP contribution in [-0.2, 0) is 16.6 Å². The molecule has 1 saturated heterocycles. The molecule has 1 aromatic carbocycles. The Hall–Kier alpha value is -3.45. The van der Waals surface area contributed by atoms with Crippen LogP contribution in [0, 0.1) is 17.1 Å². The van der Waals surface area contributed by atoms with Gasteiger partial charge in [-0.2, -0.15) is 10.4 Å². The van der Waals surface area contributed by atoms with E-state index in [9.17, 15) is 14.0 Å². The van der Waals surface area contributed by atoms with Crippen LogP contribution in [0.5, 0.6) is 0 Å². The minimum absolute atomic E-state index is 0.136. The monoisotopic (exact) mass is 414 g/mol. The van der Waals surface area contributed by atoms with Crippen molar-refractivity contribution in [2.75, 3.05) is 49.5 Å². The van der Waals surface area contributed by atoms with E-state index in [0.717, 1.165) is 0 Å². The van der Waals surface area contributed by atoms with E-state index < -0.39 is 11.8 Å². The van der Waals surface area contributed by atoms with E-state index in [2.05, 4.69) is 10.4 Å². The smallest absolute Gasteiger partial charge is 0.343 e. The van der Waals surface area contributed by atoms with Gasteiger partial charge in [0.25, 0.3) is 0 Å². The van der Waals surface area contributed by atoms with Crippen LogP contribution in [0.4, 0.5) is 15.9 Å². The number of carbonyl (C=O) groups excluding carboxylic acids is 2. The highest BCUT2D eigenvalue weighted by atomic mass is 19.1. The molecule has 1 amide bonds. The van der Waals surface area contributed by atoms with E-state index >= 15 is 0 Å². The molecule has 1 N–H and O–H groups in total. The quantitative estimate of drug-likeness (QED) is 0.712. The summed E-state index contributed by atoms with van der Waals surface area (Å²) in [6.45, 7) is 4.32. The minimum Gasteiger partial charge on any atom is -0.462 e. The third-order valence-electron chi connectivity index (χ3n) is 4.85. The summed E-state index contributed by atoms with van der Waals surface area (Å²) in [4.78, 5) is 28.3. The number of aromatic nitrogens is 2. The van der Waals surface area contributed by atoms with Crippen molar-refractivity contribution in [3.8, 4) is 6.07 Å². The Morgan fingerprint density at radius 2 is 2.03 bits per heavy atom. The molecular weight excluding hydrogens is 391 g/mol. The van der Waals surface area contributed by atoms with Crippen molar-refractivity contribution >= 4 is 23.4 Å². The molecule has 1 aliphatic heterocycles. The van der Waals surface area contributed by atoms with E-state index in [1.54, 1.807) is 26.1 Å². The molecule has 0 radical (unpaired) electrons. The first-order chi connectivity index (χ1) is 14.4. The Morgan fingerprint density at radius 3 is 2.67 bits per heavy atom. The second kappa shape index (κ2) is 9.37. The van der Waals surface area contributed by atoms with Crippen LogP contribution in [0.2, 0.25) is 0 Å². The van der Waals surface area contributed by atoms with Gasteiger partial charge < -0.3 is 15.0 Å². The van der Waals surface area contributed by atoms with Gasteiger partial charge in [-0.3, -0.25) is 14.4 Å². The van der Waals surface area contributed by atoms with Crippen molar-refractivity contribution < 1.29 is 18.7 Å². The number of esters is 1. The Morgan fingerprint density at radius 1 is 1.30 bits per heavy atom. The molecule has 1 fully saturated rings. The Kier molecular flexibility index (Phi) is 6.64. The fourth-order valence-corrected chi connectivity index (χ4v) is 3.30. The van der Waals surface area contributed by atoms with E-state index in [0.29, 0.717) is 31.9 Å². The van der Waals surface area contributed by atoms with Crippen LogP contribution in [0.3, 0.4) is 0 Å². The van der Waals surface area contributed by atoms with E-state index in [4.69, 9.17) is 10.00 Å². The summed E-state index contributed by atoms with van der Waals surface area (Å²) in [5, 5.41) is 15.6. The lowest BCUT2D eigenvalue weighted by Gasteiger charge is -2.35. The molecule has 0 aliphatic carbocycles. The second-order valence-electron chi connectivity index (χ2n) is 6.84. The number of hydrogen-bond acceptors (Lipinski definition) is 7. The first-order valence-corrected chi connectivity index (χ1v) is 9.58. The average molecular weight is 414 g/mol. The number of amides is 1. The standard InChI is InChI=1S/C20H23FN6O3/c1-3-30-20(29)15-12-23-25(2)19(15)24-18(28)13-26-6-8-27(9-7-26)17-5-4-14(11-22)10-16(17)21/h4-5,10,12H,3,6-9,13H2,1-2H3,(H,24,28). The fraction of sp³-hybridized carbons (Fsp3) is 0.400. The van der Waals surface area contributed by atoms with Gasteiger partial charge in [0.2, 0.25) is 5.91 Å². The molecular formula is C20H23FN6O3. The predicted octanol–water partition coefficient (Wildman–Crippen LogP) is 1.37. The number of piperazine rings is 1. The van der Waals surface area contributed by atoms with E-state index in [1.807, 2.05) is 15.9 Å². The molecule has 0 atom stereocenters. The maximum Gasteiger partial charge on any atom is 0.343 e. The van der Waals surface area contributed by atoms with Crippen molar-refractivity contribution in [2.45, 2.75) is 6.92 Å². The van der Waals surface area contributed by atoms with Crippen molar-refractivity contribution in [1.82, 2.24) is 14.7 Å². The Balaban J connectivity index is 1.56. The molecule has 10 heteroatoms. The summed E-state index contributed by atoms with van der Waals surface area (Å²) < 4.78 is 20.6. The third-order valence-corrected chi connectivity index (χ3v) is 4.85. The number of anilines is 2. The Labute approximate surface area is 173 Å². The minimum atomic E-state index is -0.543. The molecule has 3 rings (SSSR count). The normalized spacial score (nSPS) is 14.3. The van der Waals surface area contributed by atoms with Crippen LogP contribution in [0.25, 0.3) is 0 Å². The highest BCUT2D eigenvalue weighted by Gasteiger charge is 2.23. The molecule has 9 nitrogen and oxygen atoms in total. The molecule has 0 spiro atoms. The first kappa shape index (κ1) is 21.3. The van der Waals surface area contributed by atoms with Gasteiger partial charge in [-0.15, -0.1) is 0 Å². The predicted molar refractivity (Wildman–Crippen MR) is 108 cm³/mol. The average Bonchev–Trinajstić information content (AvgIpc) is 3.09. The maximum absolute atomic E-state index is 14.2. The lowest BCUT2D eigenvalue weighted by Crippen LogP contribution is -2.49. The van der Waals surface area contributed by atoms with Gasteiger partial charge in [-0.05, 0) is 25.1 Å². The molecule has 30 heavy (non-hydrogen) atoms. The number of halogens is 1. The van der Waals surface area contributed by atoms with Gasteiger partial charge in [-0.25, -0.2) is 9.18 Å².